The smallest absolute Gasteiger partial charge is 0.614 e. The molecule has 0 bridgehead atoms. The summed E-state index contributed by atoms with van der Waals surface area (Å²) in [5.74, 6) is 4.47. The van der Waals surface area contributed by atoms with Crippen LogP contribution in [-0.4, -0.2) is 151 Å². The van der Waals surface area contributed by atoms with Gasteiger partial charge in [-0.05, 0) is 177 Å². The van der Waals surface area contributed by atoms with Crippen molar-refractivity contribution in [3.8, 4) is 0 Å². The molecule has 0 saturated carbocycles. The molecule has 0 aliphatic carbocycles. The van der Waals surface area contributed by atoms with E-state index in [2.05, 4.69) is 405 Å². The second-order valence-corrected chi connectivity index (χ2v) is 30.7. The summed E-state index contributed by atoms with van der Waals surface area (Å²) < 4.78 is 12.6. The number of para-hydroxylation sites is 5. The molecule has 5 saturated heterocycles. The molecule has 5 aromatic carbocycles. The van der Waals surface area contributed by atoms with Crippen LogP contribution in [0.2, 0.25) is 68.2 Å². The van der Waals surface area contributed by atoms with Gasteiger partial charge in [-0.2, -0.15) is 0 Å². The number of unbranched alkanes of at least 4 members (excludes halogenated alkanes) is 6. The van der Waals surface area contributed by atoms with Crippen molar-refractivity contribution in [2.45, 2.75) is 180 Å². The number of hydrogen-bond donors (Lipinski definition) is 0. The molecular weight excluding hydrogens is 2410 g/mol. The Balaban J connectivity index is 0.000000232. The molecule has 10 aromatic rings. The average molecular weight is 2520 g/mol. The summed E-state index contributed by atoms with van der Waals surface area (Å²) in [6.07, 6.45) is 21.1. The first-order valence-corrected chi connectivity index (χ1v) is 42.3. The van der Waals surface area contributed by atoms with Gasteiger partial charge in [-0.15, -0.1) is 0 Å². The van der Waals surface area contributed by atoms with Gasteiger partial charge >= 0.3 is 105 Å². The fraction of sp³-hybridized carbons (Fsp3) is 0.383. The predicted molar refractivity (Wildman–Crippen MR) is 495 cm³/mol. The van der Waals surface area contributed by atoms with E-state index in [4.69, 9.17) is 0 Å². The van der Waals surface area contributed by atoms with Gasteiger partial charge in [0.05, 0.1) is 0 Å². The van der Waals surface area contributed by atoms with Gasteiger partial charge in [0.2, 0.25) is 0 Å². The third kappa shape index (κ3) is 26.8. The van der Waals surface area contributed by atoms with Crippen LogP contribution in [0.1, 0.15) is 106 Å². The quantitative estimate of drug-likeness (QED) is 0.0299. The van der Waals surface area contributed by atoms with Crippen molar-refractivity contribution in [3.05, 3.63) is 246 Å². The Morgan fingerprint density at radius 3 is 0.686 bits per heavy atom. The standard InChI is InChI=1S/C18H27B2N5.C17H25B2N5.C16H23B2N5.2C15H21B2N5.5Pt/c1-4-5-6-10-15-25-19(2)23(17-11-8-7-9-12-17)16-24(20(25)3)18-13-14-21-22-18;1-4-5-9-14-24-18(2)22(16-10-7-6-8-11-16)15-23(19(24)3)17-12-13-20-21-17;1-4-5-13-23-17(2)21(15-9-7-6-8-10-15)14-22(18(23)3)16-11-12-19-20-16;1-13(2)22-16(3)20(14-8-6-5-7-9-14)12-21(17(22)4)15-10-11-18-19-15;1-4-12-22-16(2)20(14-8-6-5-7-9-14)13-21(17(22)3)15-10-11-18-19-15;;;;;/h7-9,11-14,16H,4-6,10,15H2,1-3H3;6-8,10-13,15H,4-5,9,14H2,1-3H3;6-12,14H,4-5,13H2,1-3H3;5-13H,1-4H3;5-11,13H,4,12H2,1-3H3;;;;;/q5*-2;5*+2. The van der Waals surface area contributed by atoms with Crippen molar-refractivity contribution in [2.75, 3.05) is 74.3 Å². The molecule has 0 radical (unpaired) electrons. The predicted octanol–water partition coefficient (Wildman–Crippen LogP) is 14.5. The van der Waals surface area contributed by atoms with Crippen LogP contribution in [0.15, 0.2) is 213 Å². The Morgan fingerprint density at radius 1 is 0.248 bits per heavy atom. The van der Waals surface area contributed by atoms with E-state index in [-0.39, 0.29) is 147 Å². The minimum Gasteiger partial charge on any atom is -0.614 e. The normalized spacial score (nSPS) is 15.6. The Kier molecular flexibility index (Phi) is 45.4. The molecule has 5 fully saturated rings. The first-order valence-electron chi connectivity index (χ1n) is 42.3. The summed E-state index contributed by atoms with van der Waals surface area (Å²) in [6.45, 7) is 53.8. The van der Waals surface area contributed by atoms with Crippen LogP contribution in [0.25, 0.3) is 0 Å². The van der Waals surface area contributed by atoms with E-state index < -0.39 is 0 Å². The third-order valence-corrected chi connectivity index (χ3v) is 23.0. The summed E-state index contributed by atoms with van der Waals surface area (Å²) in [4.78, 5) is 22.6. The second kappa shape index (κ2) is 52.9. The van der Waals surface area contributed by atoms with Crippen molar-refractivity contribution in [1.29, 1.82) is 0 Å². The molecule has 0 amide bonds. The van der Waals surface area contributed by atoms with Gasteiger partial charge in [0.15, 0.2) is 34.9 Å². The van der Waals surface area contributed by atoms with Crippen LogP contribution in [0.3, 0.4) is 0 Å². The summed E-state index contributed by atoms with van der Waals surface area (Å²) in [5.41, 5.74) is 5.95. The van der Waals surface area contributed by atoms with E-state index in [0.717, 1.165) is 61.7 Å². The van der Waals surface area contributed by atoms with Gasteiger partial charge in [-0.25, -0.2) is 0 Å². The largest absolute Gasteiger partial charge is 2.00 e. The molecule has 0 atom stereocenters. The fourth-order valence-electron chi connectivity index (χ4n) is 16.5. The van der Waals surface area contributed by atoms with Crippen LogP contribution in [0, 0.1) is 33.3 Å². The number of aromatic nitrogens is 10. The number of anilines is 10. The Hall–Kier alpha value is -5.96. The van der Waals surface area contributed by atoms with E-state index in [9.17, 15) is 0 Å². The molecule has 15 rings (SSSR count). The van der Waals surface area contributed by atoms with Crippen molar-refractivity contribution in [1.82, 2.24) is 74.6 Å². The first kappa shape index (κ1) is 104. The van der Waals surface area contributed by atoms with Gasteiger partial charge in [0, 0.05) is 31.0 Å². The van der Waals surface area contributed by atoms with E-state index >= 15 is 0 Å². The number of rotatable bonds is 25. The molecule has 121 heavy (non-hydrogen) atoms. The van der Waals surface area contributed by atoms with Crippen molar-refractivity contribution < 1.29 is 105 Å². The molecule has 0 N–H and O–H groups in total. The Morgan fingerprint density at radius 2 is 0.455 bits per heavy atom. The SMILES string of the molecule is CB1N(c2ccccc2)[CH-]N(c2ccn[n-]2)B(C)N1C(C)C.CCCCCCN1B(C)N(c2ccccc2)[CH-]N(c2ccn[n-]2)B1C.CCCCCN1B(C)N(c2ccccc2)[CH-]N(c2ccn[n-]2)B1C.CCCCN1B(C)N(c2ccccc2)[CH-]N(c2ccn[n-]2)B1C.CCCN1B(C)N(c2ccccc2)[CH-]N(c2ccn[n-]2)B1C.[Pt+2].[Pt+2].[Pt+2].[Pt+2].[Pt+2]. The molecule has 5 aliphatic rings. The summed E-state index contributed by atoms with van der Waals surface area (Å²) in [5, 5.41) is 41.2. The molecule has 0 spiro atoms. The molecule has 646 valence electrons. The maximum Gasteiger partial charge on any atom is 2.00 e. The van der Waals surface area contributed by atoms with Crippen LogP contribution >= 0.6 is 0 Å². The van der Waals surface area contributed by atoms with Crippen LogP contribution in [-0.2, 0) is 105 Å². The molecule has 25 nitrogen and oxygen atoms in total. The van der Waals surface area contributed by atoms with Gasteiger partial charge in [0.1, 0.15) is 0 Å². The minimum atomic E-state index is 0. The van der Waals surface area contributed by atoms with Gasteiger partial charge in [-0.3, -0.25) is 58.8 Å². The van der Waals surface area contributed by atoms with Crippen LogP contribution < -0.4 is 73.6 Å². The monoisotopic (exact) mass is 2520 g/mol. The Labute approximate surface area is 800 Å². The minimum absolute atomic E-state index is 0. The van der Waals surface area contributed by atoms with E-state index in [1.165, 1.54) is 86.2 Å². The number of benzene rings is 5. The zero-order valence-corrected chi connectivity index (χ0v) is 84.5. The first-order chi connectivity index (χ1) is 56.5. The van der Waals surface area contributed by atoms with Crippen LogP contribution in [0.4, 0.5) is 57.5 Å². The molecule has 10 heterocycles. The van der Waals surface area contributed by atoms with Crippen molar-refractivity contribution >= 4 is 127 Å². The molecule has 40 heteroatoms. The maximum absolute atomic E-state index is 4.28. The van der Waals surface area contributed by atoms with Gasteiger partial charge in [0.25, 0.3) is 34.9 Å². The zero-order chi connectivity index (χ0) is 82.0. The van der Waals surface area contributed by atoms with Crippen LogP contribution in [0.5, 0.6) is 0 Å². The number of hydrogen-bond acceptors (Lipinski definition) is 20. The molecule has 5 aliphatic heterocycles. The molecule has 5 aromatic heterocycles. The summed E-state index contributed by atoms with van der Waals surface area (Å²) in [6, 6.07) is 62.8. The average Bonchev–Trinajstić information content (AvgIpc) is 1.79. The summed E-state index contributed by atoms with van der Waals surface area (Å²) >= 11 is 0. The molecular formula is C81H117B10N25Pt5. The maximum atomic E-state index is 4.28. The second-order valence-electron chi connectivity index (χ2n) is 30.7. The van der Waals surface area contributed by atoms with Gasteiger partial charge in [-0.1, -0.05) is 268 Å². The third-order valence-electron chi connectivity index (χ3n) is 23.0. The topological polar surface area (TPSA) is 184 Å². The van der Waals surface area contributed by atoms with Crippen molar-refractivity contribution in [2.24, 2.45) is 0 Å². The zero-order valence-electron chi connectivity index (χ0n) is 73.1. The van der Waals surface area contributed by atoms with Gasteiger partial charge < -0.3 is 97.2 Å². The molecule has 0 unspecified atom stereocenters. The Bertz CT molecular complexity index is 4280. The fourth-order valence-corrected chi connectivity index (χ4v) is 16.5. The summed E-state index contributed by atoms with van der Waals surface area (Å²) in [7, 11) is 0. The number of nitrogens with zero attached hydrogens (tertiary/aromatic N) is 25. The van der Waals surface area contributed by atoms with E-state index in [1.54, 1.807) is 31.0 Å². The van der Waals surface area contributed by atoms with Crippen molar-refractivity contribution in [3.63, 3.8) is 0 Å². The van der Waals surface area contributed by atoms with E-state index in [0.29, 0.717) is 34.0 Å². The van der Waals surface area contributed by atoms with E-state index in [1.807, 2.05) is 42.5 Å².